The highest BCUT2D eigenvalue weighted by Crippen LogP contribution is 2.47. The van der Waals surface area contributed by atoms with Crippen LogP contribution in [0.1, 0.15) is 32.1 Å². The van der Waals surface area contributed by atoms with E-state index in [1.54, 1.807) is 0 Å². The number of benzene rings is 1. The van der Waals surface area contributed by atoms with E-state index in [2.05, 4.69) is 20.6 Å². The molecule has 3 saturated carbocycles. The Balaban J connectivity index is 1.26. The molecule has 3 aliphatic carbocycles. The summed E-state index contributed by atoms with van der Waals surface area (Å²) in [5.41, 5.74) is -1.37. The second kappa shape index (κ2) is 10.2. The lowest BCUT2D eigenvalue weighted by molar-refractivity contribution is -0.137. The van der Waals surface area contributed by atoms with E-state index in [9.17, 15) is 19.1 Å². The van der Waals surface area contributed by atoms with Gasteiger partial charge in [0, 0.05) is 11.6 Å². The third-order valence-electron chi connectivity index (χ3n) is 6.53. The summed E-state index contributed by atoms with van der Waals surface area (Å²) < 4.78 is 29.2. The predicted octanol–water partition coefficient (Wildman–Crippen LogP) is 1.78. The lowest BCUT2D eigenvalue weighted by Crippen LogP contribution is -2.70. The fraction of sp³-hybridized carbons (Fsp3) is 0.478. The van der Waals surface area contributed by atoms with Gasteiger partial charge in [0.05, 0.1) is 36.2 Å². The summed E-state index contributed by atoms with van der Waals surface area (Å²) in [6, 6.07) is 4.11. The second-order valence-electron chi connectivity index (χ2n) is 8.81. The number of carbonyl (C=O) groups excluding carboxylic acids is 2. The van der Waals surface area contributed by atoms with Crippen molar-refractivity contribution in [2.24, 2.45) is 0 Å². The predicted molar refractivity (Wildman–Crippen MR) is 122 cm³/mol. The summed E-state index contributed by atoms with van der Waals surface area (Å²) in [5, 5.41) is 16.7. The summed E-state index contributed by atoms with van der Waals surface area (Å²) >= 11 is 5.65. The summed E-state index contributed by atoms with van der Waals surface area (Å²) in [4.78, 5) is 32.9. The smallest absolute Gasteiger partial charge is 0.316 e. The maximum Gasteiger partial charge on any atom is 0.316 e. The lowest BCUT2D eigenvalue weighted by atomic mass is 9.60. The average Bonchev–Trinajstić information content (AvgIpc) is 2.85. The topological polar surface area (TPSA) is 132 Å². The second-order valence-corrected chi connectivity index (χ2v) is 9.22. The maximum absolute atomic E-state index is 13.5. The number of aliphatic hydroxyl groups excluding tert-OH is 1. The normalized spacial score (nSPS) is 25.0. The van der Waals surface area contributed by atoms with Crippen LogP contribution in [0.3, 0.4) is 0 Å². The largest absolute Gasteiger partial charge is 0.484 e. The van der Waals surface area contributed by atoms with Gasteiger partial charge >= 0.3 is 6.01 Å². The van der Waals surface area contributed by atoms with Gasteiger partial charge in [-0.3, -0.25) is 9.59 Å². The molecule has 35 heavy (non-hydrogen) atoms. The van der Waals surface area contributed by atoms with E-state index in [-0.39, 0.29) is 35.9 Å². The summed E-state index contributed by atoms with van der Waals surface area (Å²) in [6.45, 7) is -0.554. The molecule has 0 saturated heterocycles. The Morgan fingerprint density at radius 1 is 1.09 bits per heavy atom. The number of hydrogen-bond acceptors (Lipinski definition) is 8. The van der Waals surface area contributed by atoms with Crippen LogP contribution in [-0.2, 0) is 9.59 Å². The Kier molecular flexibility index (Phi) is 7.27. The van der Waals surface area contributed by atoms with E-state index in [4.69, 9.17) is 25.8 Å². The Morgan fingerprint density at radius 3 is 2.31 bits per heavy atom. The zero-order valence-electron chi connectivity index (χ0n) is 19.1. The molecule has 0 unspecified atom stereocenters. The minimum atomic E-state index is -0.849. The molecule has 3 aliphatic rings. The minimum Gasteiger partial charge on any atom is -0.484 e. The number of rotatable bonds is 9. The number of nitrogens with one attached hydrogen (secondary N) is 2. The van der Waals surface area contributed by atoms with E-state index in [1.807, 2.05) is 0 Å². The molecular formula is C23H26ClFN4O6. The number of amides is 2. The first-order valence-electron chi connectivity index (χ1n) is 11.1. The van der Waals surface area contributed by atoms with Gasteiger partial charge in [0.15, 0.2) is 19.0 Å². The molecule has 3 fully saturated rings. The first kappa shape index (κ1) is 24.9. The van der Waals surface area contributed by atoms with E-state index >= 15 is 0 Å². The molecule has 0 aliphatic heterocycles. The van der Waals surface area contributed by atoms with Gasteiger partial charge in [-0.2, -0.15) is 9.97 Å². The molecule has 2 bridgehead atoms. The van der Waals surface area contributed by atoms with Gasteiger partial charge in [-0.15, -0.1) is 0 Å². The minimum absolute atomic E-state index is 0.0369. The van der Waals surface area contributed by atoms with Gasteiger partial charge < -0.3 is 30.0 Å². The summed E-state index contributed by atoms with van der Waals surface area (Å²) in [7, 11) is 1.45. The number of aliphatic hydroxyl groups is 1. The van der Waals surface area contributed by atoms with Crippen molar-refractivity contribution in [1.29, 1.82) is 0 Å². The van der Waals surface area contributed by atoms with Crippen LogP contribution >= 0.6 is 11.6 Å². The van der Waals surface area contributed by atoms with Gasteiger partial charge in [0.25, 0.3) is 11.8 Å². The Bertz CT molecular complexity index is 1080. The molecular weight excluding hydrogens is 483 g/mol. The van der Waals surface area contributed by atoms with E-state index in [1.165, 1.54) is 31.6 Å². The first-order chi connectivity index (χ1) is 16.7. The molecule has 1 aromatic carbocycles. The van der Waals surface area contributed by atoms with Crippen LogP contribution in [0, 0.1) is 5.82 Å². The van der Waals surface area contributed by atoms with Crippen molar-refractivity contribution in [3.63, 3.8) is 0 Å². The molecule has 5 rings (SSSR count). The monoisotopic (exact) mass is 508 g/mol. The zero-order valence-corrected chi connectivity index (χ0v) is 19.8. The van der Waals surface area contributed by atoms with Crippen LogP contribution in [-0.4, -0.2) is 64.4 Å². The number of fused-ring (bicyclic) bond motifs is 3. The number of nitrogens with zero attached hydrogens (tertiary/aromatic N) is 2. The quantitative estimate of drug-likeness (QED) is 0.467. The van der Waals surface area contributed by atoms with Crippen molar-refractivity contribution < 1.29 is 33.3 Å². The van der Waals surface area contributed by atoms with Gasteiger partial charge in [0.2, 0.25) is 0 Å². The lowest BCUT2D eigenvalue weighted by Gasteiger charge is -2.56. The van der Waals surface area contributed by atoms with Gasteiger partial charge in [-0.05, 0) is 44.2 Å². The van der Waals surface area contributed by atoms with Crippen LogP contribution in [0.5, 0.6) is 17.5 Å². The molecule has 1 aromatic heterocycles. The molecule has 10 nitrogen and oxygen atoms in total. The number of carbonyl (C=O) groups is 2. The molecule has 188 valence electrons. The molecule has 3 N–H and O–H groups in total. The standard InChI is InChI=1S/C23H26ClFN4O6/c1-33-21-26-10-15(11-27-21)35-12-19(31)28-22-4-6-23(7-5-22,18(30)9-22)29-20(32)13-34-14-2-3-16(24)17(25)8-14/h2-3,8,10-11,18,30H,4-7,9,12-13H2,1H3,(H,28,31)(H,29,32)/t18-,22?,23?/m0/s1. The molecule has 2 amide bonds. The third-order valence-corrected chi connectivity index (χ3v) is 6.84. The van der Waals surface area contributed by atoms with Crippen LogP contribution in [0.2, 0.25) is 5.02 Å². The van der Waals surface area contributed by atoms with Crippen molar-refractivity contribution in [3.05, 3.63) is 41.4 Å². The SMILES string of the molecule is COc1ncc(OCC(=O)NC23CCC(NC(=O)COc4ccc(Cl)c(F)c4)(CC2)[C@@H](O)C3)cn1. The maximum atomic E-state index is 13.5. The highest BCUT2D eigenvalue weighted by atomic mass is 35.5. The van der Waals surface area contributed by atoms with E-state index < -0.39 is 28.9 Å². The molecule has 2 aromatic rings. The highest BCUT2D eigenvalue weighted by Gasteiger charge is 2.55. The summed E-state index contributed by atoms with van der Waals surface area (Å²) in [6.07, 6.45) is 4.42. The number of hydrogen-bond donors (Lipinski definition) is 3. The molecule has 0 radical (unpaired) electrons. The fourth-order valence-corrected chi connectivity index (χ4v) is 4.77. The molecule has 1 heterocycles. The number of halogens is 2. The van der Waals surface area contributed by atoms with Gasteiger partial charge in [-0.25, -0.2) is 4.39 Å². The molecule has 12 heteroatoms. The van der Waals surface area contributed by atoms with Crippen molar-refractivity contribution in [1.82, 2.24) is 20.6 Å². The first-order valence-corrected chi connectivity index (χ1v) is 11.5. The van der Waals surface area contributed by atoms with Gasteiger partial charge in [0.1, 0.15) is 11.6 Å². The van der Waals surface area contributed by atoms with Crippen molar-refractivity contribution in [3.8, 4) is 17.5 Å². The van der Waals surface area contributed by atoms with Crippen LogP contribution in [0.15, 0.2) is 30.6 Å². The zero-order chi connectivity index (χ0) is 25.1. The molecule has 0 spiro atoms. The number of aromatic nitrogens is 2. The Labute approximate surface area is 206 Å². The van der Waals surface area contributed by atoms with Crippen LogP contribution in [0.25, 0.3) is 0 Å². The van der Waals surface area contributed by atoms with Crippen molar-refractivity contribution in [2.75, 3.05) is 20.3 Å². The third kappa shape index (κ3) is 5.73. The van der Waals surface area contributed by atoms with Crippen molar-refractivity contribution in [2.45, 2.75) is 49.3 Å². The summed E-state index contributed by atoms with van der Waals surface area (Å²) in [5.74, 6) is -0.879. The highest BCUT2D eigenvalue weighted by molar-refractivity contribution is 6.30. The Morgan fingerprint density at radius 2 is 1.71 bits per heavy atom. The van der Waals surface area contributed by atoms with Crippen LogP contribution < -0.4 is 24.8 Å². The van der Waals surface area contributed by atoms with E-state index in [0.717, 1.165) is 6.07 Å². The average molecular weight is 509 g/mol. The number of methoxy groups -OCH3 is 1. The van der Waals surface area contributed by atoms with Crippen LogP contribution in [0.4, 0.5) is 4.39 Å². The Hall–Kier alpha value is -3.18. The van der Waals surface area contributed by atoms with Gasteiger partial charge in [-0.1, -0.05) is 11.6 Å². The molecule has 1 atom stereocenters. The van der Waals surface area contributed by atoms with E-state index in [0.29, 0.717) is 37.9 Å². The number of ether oxygens (including phenoxy) is 3. The fourth-order valence-electron chi connectivity index (χ4n) is 4.66. The van der Waals surface area contributed by atoms with Crippen molar-refractivity contribution >= 4 is 23.4 Å².